The molecule has 0 radical (unpaired) electrons. The van der Waals surface area contributed by atoms with Crippen LogP contribution in [0.15, 0.2) is 39.7 Å². The molecule has 0 aliphatic rings. The number of guanidine groups is 1. The summed E-state index contributed by atoms with van der Waals surface area (Å²) in [4.78, 5) is 15.5. The molecule has 1 aromatic heterocycles. The van der Waals surface area contributed by atoms with Gasteiger partial charge < -0.3 is 25.5 Å². The number of methoxy groups -OCH3 is 1. The van der Waals surface area contributed by atoms with E-state index in [9.17, 15) is 4.79 Å². The molecule has 4 N–H and O–H groups in total. The number of hydrogen-bond acceptors (Lipinski definition) is 4. The number of halogens is 1. The molecule has 0 aliphatic carbocycles. The Morgan fingerprint density at radius 3 is 2.67 bits per heavy atom. The van der Waals surface area contributed by atoms with Crippen molar-refractivity contribution >= 4 is 35.8 Å². The number of aryl methyl sites for hydroxylation is 1. The molecule has 0 fully saturated rings. The molecule has 0 unspecified atom stereocenters. The largest absolute Gasteiger partial charge is 0.496 e. The van der Waals surface area contributed by atoms with E-state index in [0.29, 0.717) is 24.8 Å². The molecule has 8 heteroatoms. The molecule has 27 heavy (non-hydrogen) atoms. The molecule has 0 aliphatic heterocycles. The van der Waals surface area contributed by atoms with Crippen molar-refractivity contribution in [2.75, 3.05) is 20.2 Å². The molecule has 1 heterocycles. The van der Waals surface area contributed by atoms with Crippen LogP contribution in [0, 0.1) is 6.92 Å². The number of carbonyl (C=O) groups is 1. The highest BCUT2D eigenvalue weighted by Crippen LogP contribution is 2.19. The van der Waals surface area contributed by atoms with E-state index in [0.717, 1.165) is 24.3 Å². The average Bonchev–Trinajstić information content (AvgIpc) is 3.09. The number of hydrogen-bond donors (Lipinski definition) is 3. The fraction of sp³-hybridized carbons (Fsp3) is 0.368. The Morgan fingerprint density at radius 2 is 2.04 bits per heavy atom. The summed E-state index contributed by atoms with van der Waals surface area (Å²) in [5.41, 5.74) is 7.53. The molecule has 0 bridgehead atoms. The third-order valence-electron chi connectivity index (χ3n) is 3.76. The molecule has 1 amide bonds. The number of nitrogens with one attached hydrogen (secondary N) is 2. The van der Waals surface area contributed by atoms with Crippen LogP contribution in [-0.4, -0.2) is 32.1 Å². The Balaban J connectivity index is 0.00000364. The van der Waals surface area contributed by atoms with Crippen LogP contribution in [-0.2, 0) is 13.0 Å². The highest BCUT2D eigenvalue weighted by Gasteiger charge is 2.07. The lowest BCUT2D eigenvalue weighted by Gasteiger charge is -2.13. The van der Waals surface area contributed by atoms with Gasteiger partial charge in [-0.15, -0.1) is 24.0 Å². The number of ether oxygens (including phenoxy) is 1. The van der Waals surface area contributed by atoms with Crippen LogP contribution in [0.5, 0.6) is 5.75 Å². The minimum absolute atomic E-state index is 0. The Bertz CT molecular complexity index is 774. The summed E-state index contributed by atoms with van der Waals surface area (Å²) in [5, 5.41) is 6.47. The summed E-state index contributed by atoms with van der Waals surface area (Å²) in [6.45, 7) is 5.82. The molecule has 1 aromatic carbocycles. The molecule has 7 nitrogen and oxygen atoms in total. The number of benzene rings is 1. The van der Waals surface area contributed by atoms with Gasteiger partial charge in [-0.3, -0.25) is 4.79 Å². The third-order valence-corrected chi connectivity index (χ3v) is 3.76. The van der Waals surface area contributed by atoms with E-state index in [1.165, 1.54) is 5.56 Å². The number of rotatable bonds is 8. The van der Waals surface area contributed by atoms with E-state index >= 15 is 0 Å². The van der Waals surface area contributed by atoms with Crippen molar-refractivity contribution < 1.29 is 13.9 Å². The van der Waals surface area contributed by atoms with Crippen molar-refractivity contribution in [3.63, 3.8) is 0 Å². The van der Waals surface area contributed by atoms with Crippen LogP contribution in [0.1, 0.15) is 34.4 Å². The van der Waals surface area contributed by atoms with Crippen molar-refractivity contribution in [3.05, 3.63) is 53.0 Å². The van der Waals surface area contributed by atoms with Gasteiger partial charge in [0.2, 0.25) is 0 Å². The zero-order chi connectivity index (χ0) is 18.9. The number of aliphatic imine (C=N–C) groups is 1. The SMILES string of the molecule is CCNC(=NCc1ccc(C(N)=O)o1)NCCc1cc(C)ccc1OC.I. The van der Waals surface area contributed by atoms with Crippen molar-refractivity contribution in [2.45, 2.75) is 26.8 Å². The smallest absolute Gasteiger partial charge is 0.284 e. The zero-order valence-electron chi connectivity index (χ0n) is 15.9. The Morgan fingerprint density at radius 1 is 1.26 bits per heavy atom. The molecule has 2 rings (SSSR count). The lowest BCUT2D eigenvalue weighted by molar-refractivity contribution is 0.0972. The Labute approximate surface area is 176 Å². The van der Waals surface area contributed by atoms with Gasteiger partial charge in [-0.25, -0.2) is 4.99 Å². The van der Waals surface area contributed by atoms with Gasteiger partial charge >= 0.3 is 0 Å². The number of carbonyl (C=O) groups excluding carboxylic acids is 1. The first-order chi connectivity index (χ1) is 12.5. The number of nitrogens with two attached hydrogens (primary N) is 1. The van der Waals surface area contributed by atoms with E-state index in [2.05, 4.69) is 28.6 Å². The molecule has 0 spiro atoms. The second kappa shape index (κ2) is 11.5. The molecular weight excluding hydrogens is 459 g/mol. The lowest BCUT2D eigenvalue weighted by Crippen LogP contribution is -2.38. The van der Waals surface area contributed by atoms with E-state index in [1.54, 1.807) is 19.2 Å². The molecule has 0 saturated heterocycles. The first-order valence-electron chi connectivity index (χ1n) is 8.57. The van der Waals surface area contributed by atoms with Gasteiger partial charge in [0, 0.05) is 13.1 Å². The topological polar surface area (TPSA) is 102 Å². The van der Waals surface area contributed by atoms with E-state index < -0.39 is 5.91 Å². The number of furan rings is 1. The predicted octanol–water partition coefficient (Wildman–Crippen LogP) is 2.61. The van der Waals surface area contributed by atoms with Crippen LogP contribution in [0.2, 0.25) is 0 Å². The minimum Gasteiger partial charge on any atom is -0.496 e. The van der Waals surface area contributed by atoms with Crippen LogP contribution >= 0.6 is 24.0 Å². The summed E-state index contributed by atoms with van der Waals surface area (Å²) < 4.78 is 10.7. The lowest BCUT2D eigenvalue weighted by atomic mass is 10.1. The molecule has 0 atom stereocenters. The maximum atomic E-state index is 11.1. The van der Waals surface area contributed by atoms with Gasteiger partial charge in [0.25, 0.3) is 5.91 Å². The second-order valence-corrected chi connectivity index (χ2v) is 5.82. The summed E-state index contributed by atoms with van der Waals surface area (Å²) in [6.07, 6.45) is 0.807. The highest BCUT2D eigenvalue weighted by atomic mass is 127. The first kappa shape index (κ1) is 22.8. The summed E-state index contributed by atoms with van der Waals surface area (Å²) >= 11 is 0. The summed E-state index contributed by atoms with van der Waals surface area (Å²) in [6, 6.07) is 9.39. The van der Waals surface area contributed by atoms with E-state index in [1.807, 2.05) is 19.1 Å². The van der Waals surface area contributed by atoms with Gasteiger partial charge in [0.15, 0.2) is 11.7 Å². The minimum atomic E-state index is -0.586. The molecule has 0 saturated carbocycles. The first-order valence-corrected chi connectivity index (χ1v) is 8.57. The van der Waals surface area contributed by atoms with Crippen molar-refractivity contribution in [1.82, 2.24) is 10.6 Å². The number of amides is 1. The van der Waals surface area contributed by atoms with Crippen molar-refractivity contribution in [2.24, 2.45) is 10.7 Å². The zero-order valence-corrected chi connectivity index (χ0v) is 18.2. The van der Waals surface area contributed by atoms with Crippen LogP contribution in [0.4, 0.5) is 0 Å². The fourth-order valence-electron chi connectivity index (χ4n) is 2.51. The van der Waals surface area contributed by atoms with Gasteiger partial charge in [0.1, 0.15) is 18.1 Å². The average molecular weight is 486 g/mol. The van der Waals surface area contributed by atoms with Gasteiger partial charge in [-0.1, -0.05) is 17.7 Å². The third kappa shape index (κ3) is 7.12. The van der Waals surface area contributed by atoms with Crippen LogP contribution in [0.3, 0.4) is 0 Å². The van der Waals surface area contributed by atoms with Gasteiger partial charge in [-0.2, -0.15) is 0 Å². The second-order valence-electron chi connectivity index (χ2n) is 5.82. The standard InChI is InChI=1S/C19H26N4O3.HI/c1-4-21-19(23-12-15-6-8-17(26-15)18(20)24)22-10-9-14-11-13(2)5-7-16(14)25-3;/h5-8,11H,4,9-10,12H2,1-3H3,(H2,20,24)(H2,21,22,23);1H. The Hall–Kier alpha value is -2.23. The Kier molecular flexibility index (Phi) is 9.70. The van der Waals surface area contributed by atoms with Crippen LogP contribution in [0.25, 0.3) is 0 Å². The number of primary amides is 1. The van der Waals surface area contributed by atoms with E-state index in [4.69, 9.17) is 14.9 Å². The number of nitrogens with zero attached hydrogens (tertiary/aromatic N) is 1. The molecular formula is C19H27IN4O3. The maximum Gasteiger partial charge on any atom is 0.284 e. The van der Waals surface area contributed by atoms with Gasteiger partial charge in [-0.05, 0) is 44.0 Å². The monoisotopic (exact) mass is 486 g/mol. The summed E-state index contributed by atoms with van der Waals surface area (Å²) in [5.74, 6) is 1.69. The van der Waals surface area contributed by atoms with Crippen molar-refractivity contribution in [3.8, 4) is 5.75 Å². The summed E-state index contributed by atoms with van der Waals surface area (Å²) in [7, 11) is 1.68. The predicted molar refractivity (Wildman–Crippen MR) is 117 cm³/mol. The van der Waals surface area contributed by atoms with E-state index in [-0.39, 0.29) is 29.7 Å². The normalized spacial score (nSPS) is 10.9. The quantitative estimate of drug-likeness (QED) is 0.303. The fourth-order valence-corrected chi connectivity index (χ4v) is 2.51. The maximum absolute atomic E-state index is 11.1. The molecule has 148 valence electrons. The molecule has 2 aromatic rings. The van der Waals surface area contributed by atoms with Crippen molar-refractivity contribution in [1.29, 1.82) is 0 Å². The van der Waals surface area contributed by atoms with Gasteiger partial charge in [0.05, 0.1) is 7.11 Å². The van der Waals surface area contributed by atoms with Crippen LogP contribution < -0.4 is 21.1 Å². The highest BCUT2D eigenvalue weighted by molar-refractivity contribution is 14.0.